The molecule has 0 bridgehead atoms. The number of ether oxygens (including phenoxy) is 2. The highest BCUT2D eigenvalue weighted by Crippen LogP contribution is 2.40. The van der Waals surface area contributed by atoms with Gasteiger partial charge in [-0.15, -0.1) is 0 Å². The van der Waals surface area contributed by atoms with Crippen molar-refractivity contribution in [2.24, 2.45) is 13.0 Å². The summed E-state index contributed by atoms with van der Waals surface area (Å²) in [6.45, 7) is 21.9. The Kier molecular flexibility index (Phi) is 20.8. The molecule has 426 valence electrons. The third-order valence-electron chi connectivity index (χ3n) is 15.3. The van der Waals surface area contributed by atoms with Crippen LogP contribution in [0.15, 0.2) is 103 Å². The second-order valence-corrected chi connectivity index (χ2v) is 29.1. The van der Waals surface area contributed by atoms with E-state index >= 15 is 4.79 Å². The number of carbonyl (C=O) groups is 5. The molecule has 1 saturated heterocycles. The fourth-order valence-electron chi connectivity index (χ4n) is 9.21. The first-order valence-corrected chi connectivity index (χ1v) is 30.8. The highest BCUT2D eigenvalue weighted by atomic mass is 35.5. The molecule has 0 radical (unpaired) electrons. The maximum Gasteiger partial charge on any atom is 0.247 e. The minimum absolute atomic E-state index is 0.0404. The van der Waals surface area contributed by atoms with Gasteiger partial charge in [0.2, 0.25) is 29.5 Å². The number of nitrogens with one attached hydrogen (secondary N) is 2. The van der Waals surface area contributed by atoms with E-state index in [1.807, 2.05) is 119 Å². The maximum absolute atomic E-state index is 15.3. The van der Waals surface area contributed by atoms with Gasteiger partial charge < -0.3 is 43.8 Å². The van der Waals surface area contributed by atoms with E-state index in [1.54, 1.807) is 56.3 Å². The summed E-state index contributed by atoms with van der Waals surface area (Å²) in [5.74, 6) is -1.50. The minimum atomic E-state index is -2.07. The summed E-state index contributed by atoms with van der Waals surface area (Å²) in [4.78, 5) is 82.8. The van der Waals surface area contributed by atoms with Crippen molar-refractivity contribution in [3.05, 3.63) is 136 Å². The van der Waals surface area contributed by atoms with E-state index in [9.17, 15) is 19.2 Å². The Morgan fingerprint density at radius 3 is 2.04 bits per heavy atom. The zero-order chi connectivity index (χ0) is 58.1. The Morgan fingerprint density at radius 1 is 0.772 bits per heavy atom. The van der Waals surface area contributed by atoms with E-state index in [1.165, 1.54) is 9.80 Å². The number of imidazole rings is 1. The van der Waals surface area contributed by atoms with Crippen LogP contribution in [-0.4, -0.2) is 119 Å². The molecule has 0 aliphatic carbocycles. The SMILES string of the molecule is CC(O[Si](C)(C)C(C)(C)C)c1ncc(-c2ccc(Oc3cc(Cl)ccc3CN3C(=O)C[C@@H](Cc4ccccc4)C(=O)N(C)[C@@H](C)CNC(=O)C[C@H](Cc4ccc(Cl)cc4)N(C)C(=O)[C@H](COC(C)(C)C)NC(=O)[C@@H]3C)cc2)n1C. The number of hydrogen-bond donors (Lipinski definition) is 2. The van der Waals surface area contributed by atoms with Crippen molar-refractivity contribution in [2.45, 2.75) is 149 Å². The predicted molar refractivity (Wildman–Crippen MR) is 314 cm³/mol. The monoisotopic (exact) mass is 1140 g/mol. The van der Waals surface area contributed by atoms with Gasteiger partial charge in [-0.1, -0.05) is 92.5 Å². The van der Waals surface area contributed by atoms with Crippen molar-refractivity contribution >= 4 is 61.1 Å². The van der Waals surface area contributed by atoms with Crippen molar-refractivity contribution in [3.63, 3.8) is 0 Å². The van der Waals surface area contributed by atoms with Crippen LogP contribution in [0.4, 0.5) is 0 Å². The average molecular weight is 1140 g/mol. The molecule has 1 aliphatic heterocycles. The van der Waals surface area contributed by atoms with E-state index in [0.717, 1.165) is 28.2 Å². The summed E-state index contributed by atoms with van der Waals surface area (Å²) in [6, 6.07) is 25.7. The molecule has 1 aromatic heterocycles. The van der Waals surface area contributed by atoms with E-state index in [-0.39, 0.29) is 68.3 Å². The van der Waals surface area contributed by atoms with Crippen LogP contribution in [0.2, 0.25) is 28.2 Å². The molecule has 6 atom stereocenters. The number of rotatable bonds is 14. The largest absolute Gasteiger partial charge is 0.457 e. The van der Waals surface area contributed by atoms with Crippen molar-refractivity contribution in [3.8, 4) is 22.8 Å². The summed E-state index contributed by atoms with van der Waals surface area (Å²) in [7, 11) is 3.17. The smallest absolute Gasteiger partial charge is 0.247 e. The van der Waals surface area contributed by atoms with Gasteiger partial charge >= 0.3 is 0 Å². The topological polar surface area (TPSA) is 165 Å². The average Bonchev–Trinajstić information content (AvgIpc) is 3.81. The van der Waals surface area contributed by atoms with E-state index in [0.29, 0.717) is 27.1 Å². The fourth-order valence-corrected chi connectivity index (χ4v) is 10.8. The number of nitrogens with zero attached hydrogens (tertiary/aromatic N) is 5. The molecule has 5 amide bonds. The van der Waals surface area contributed by atoms with Crippen molar-refractivity contribution in [1.29, 1.82) is 0 Å². The molecule has 1 fully saturated rings. The standard InChI is InChI=1S/C61H81Cl2N7O8Si/c1-39-35-64-54(71)34-49(31-43-20-25-47(62)26-21-43)68(11)59(75)51(38-76-60(4,5)6)66-57(73)40(2)70(55(72)32-46(58(74)67(39)10)30-42-18-16-15-17-19-42)37-45-22-27-48(63)33-53(45)77-50-28-23-44(24-29-50)52-36-65-56(69(52)12)41(3)78-79(13,14)61(7,8)9/h15-29,33,36,39-41,46,49,51H,30-32,34-35,37-38H2,1-14H3,(H,64,71)(H,66,73)/t39-,40-,41?,46+,49-,51-/m0/s1. The van der Waals surface area contributed by atoms with Crippen LogP contribution in [0.25, 0.3) is 11.3 Å². The van der Waals surface area contributed by atoms with Gasteiger partial charge in [-0.2, -0.15) is 0 Å². The lowest BCUT2D eigenvalue weighted by molar-refractivity contribution is -0.147. The van der Waals surface area contributed by atoms with Gasteiger partial charge in [0.15, 0.2) is 8.32 Å². The van der Waals surface area contributed by atoms with E-state index in [4.69, 9.17) is 42.1 Å². The molecular weight excluding hydrogens is 1060 g/mol. The predicted octanol–water partition coefficient (Wildman–Crippen LogP) is 11.0. The summed E-state index contributed by atoms with van der Waals surface area (Å²) in [6.07, 6.45) is 1.78. The zero-order valence-electron chi connectivity index (χ0n) is 48.5. The van der Waals surface area contributed by atoms with Crippen LogP contribution in [0, 0.1) is 5.92 Å². The highest BCUT2D eigenvalue weighted by Gasteiger charge is 2.40. The number of likely N-dealkylation sites (N-methyl/N-ethyl adjacent to an activating group) is 2. The summed E-state index contributed by atoms with van der Waals surface area (Å²) in [5.41, 5.74) is 3.30. The molecule has 79 heavy (non-hydrogen) atoms. The summed E-state index contributed by atoms with van der Waals surface area (Å²) >= 11 is 12.9. The second-order valence-electron chi connectivity index (χ2n) is 23.5. The van der Waals surface area contributed by atoms with Gasteiger partial charge in [0, 0.05) is 73.8 Å². The van der Waals surface area contributed by atoms with E-state index < -0.39 is 61.7 Å². The van der Waals surface area contributed by atoms with E-state index in [2.05, 4.69) is 44.5 Å². The lowest BCUT2D eigenvalue weighted by Gasteiger charge is -2.38. The van der Waals surface area contributed by atoms with Crippen molar-refractivity contribution in [1.82, 2.24) is 34.9 Å². The fraction of sp³-hybridized carbons (Fsp3) is 0.475. The first-order chi connectivity index (χ1) is 37.0. The van der Waals surface area contributed by atoms with Gasteiger partial charge in [-0.25, -0.2) is 4.98 Å². The lowest BCUT2D eigenvalue weighted by atomic mass is 9.93. The number of halogens is 2. The van der Waals surface area contributed by atoms with Crippen LogP contribution in [0.1, 0.15) is 104 Å². The van der Waals surface area contributed by atoms with Crippen molar-refractivity contribution < 1.29 is 37.9 Å². The second kappa shape index (κ2) is 26.5. The normalized spacial score (nSPS) is 20.4. The molecule has 4 aromatic carbocycles. The van der Waals surface area contributed by atoms with Gasteiger partial charge in [-0.05, 0) is 132 Å². The lowest BCUT2D eigenvalue weighted by Crippen LogP contribution is -2.58. The summed E-state index contributed by atoms with van der Waals surface area (Å²) < 4.78 is 21.5. The molecule has 1 unspecified atom stereocenters. The molecule has 6 rings (SSSR count). The highest BCUT2D eigenvalue weighted by molar-refractivity contribution is 6.74. The molecule has 5 aromatic rings. The van der Waals surface area contributed by atoms with Crippen LogP contribution in [0.5, 0.6) is 11.5 Å². The van der Waals surface area contributed by atoms with Crippen LogP contribution in [-0.2, 0) is 59.6 Å². The third-order valence-corrected chi connectivity index (χ3v) is 20.3. The number of benzene rings is 4. The zero-order valence-corrected chi connectivity index (χ0v) is 51.0. The Hall–Kier alpha value is -6.04. The molecule has 15 nitrogen and oxygen atoms in total. The Bertz CT molecular complexity index is 2910. The van der Waals surface area contributed by atoms with Gasteiger partial charge in [0.1, 0.15) is 35.5 Å². The molecule has 18 heteroatoms. The van der Waals surface area contributed by atoms with Crippen LogP contribution < -0.4 is 15.4 Å². The van der Waals surface area contributed by atoms with Gasteiger partial charge in [-0.3, -0.25) is 24.0 Å². The Morgan fingerprint density at radius 2 is 1.41 bits per heavy atom. The first-order valence-electron chi connectivity index (χ1n) is 27.1. The minimum Gasteiger partial charge on any atom is -0.457 e. The Labute approximate surface area is 478 Å². The molecule has 0 spiro atoms. The number of amides is 5. The maximum atomic E-state index is 15.3. The number of carbonyl (C=O) groups excluding carboxylic acids is 5. The Balaban J connectivity index is 1.37. The quantitative estimate of drug-likeness (QED) is 0.103. The summed E-state index contributed by atoms with van der Waals surface area (Å²) in [5, 5.41) is 6.89. The number of aromatic nitrogens is 2. The molecule has 1 aliphatic rings. The van der Waals surface area contributed by atoms with Crippen LogP contribution >= 0.6 is 23.2 Å². The molecule has 2 heterocycles. The van der Waals surface area contributed by atoms with Gasteiger partial charge in [0.25, 0.3) is 0 Å². The molecular formula is C61H81Cl2N7O8Si. The number of hydrogen-bond acceptors (Lipinski definition) is 9. The molecule has 2 N–H and O–H groups in total. The van der Waals surface area contributed by atoms with Gasteiger partial charge in [0.05, 0.1) is 36.6 Å². The van der Waals surface area contributed by atoms with Crippen LogP contribution in [0.3, 0.4) is 0 Å². The van der Waals surface area contributed by atoms with Crippen molar-refractivity contribution in [2.75, 3.05) is 27.2 Å². The molecule has 0 saturated carbocycles. The third kappa shape index (κ3) is 16.8. The first kappa shape index (κ1) is 62.2.